The first kappa shape index (κ1) is 17.7. The molecular weight excluding hydrogens is 246 g/mol. The van der Waals surface area contributed by atoms with E-state index in [4.69, 9.17) is 5.73 Å². The SMILES string of the molecule is CCCC(C)(O)CNC(=O)C(NC(N)=O)C(C)CC. The maximum absolute atomic E-state index is 12.0. The van der Waals surface area contributed by atoms with Crippen LogP contribution in [0.4, 0.5) is 4.79 Å². The van der Waals surface area contributed by atoms with Crippen molar-refractivity contribution < 1.29 is 14.7 Å². The van der Waals surface area contributed by atoms with Crippen molar-refractivity contribution in [2.45, 2.75) is 58.6 Å². The fraction of sp³-hybridized carbons (Fsp3) is 0.846. The number of amides is 3. The van der Waals surface area contributed by atoms with E-state index in [9.17, 15) is 14.7 Å². The first-order valence-electron chi connectivity index (χ1n) is 6.79. The van der Waals surface area contributed by atoms with E-state index in [1.807, 2.05) is 20.8 Å². The fourth-order valence-corrected chi connectivity index (χ4v) is 1.87. The summed E-state index contributed by atoms with van der Waals surface area (Å²) in [6.07, 6.45) is 2.17. The van der Waals surface area contributed by atoms with Gasteiger partial charge in [-0.05, 0) is 19.3 Å². The summed E-state index contributed by atoms with van der Waals surface area (Å²) in [4.78, 5) is 23.0. The topological polar surface area (TPSA) is 104 Å². The third kappa shape index (κ3) is 7.00. The average Bonchev–Trinajstić information content (AvgIpc) is 2.32. The molecule has 0 aliphatic heterocycles. The molecule has 0 bridgehead atoms. The number of carbonyl (C=O) groups excluding carboxylic acids is 2. The number of nitrogens with one attached hydrogen (secondary N) is 2. The summed E-state index contributed by atoms with van der Waals surface area (Å²) in [5.41, 5.74) is 4.14. The number of carbonyl (C=O) groups is 2. The number of primary amides is 1. The molecule has 3 atom stereocenters. The Balaban J connectivity index is 4.52. The molecule has 0 spiro atoms. The Kier molecular flexibility index (Phi) is 7.44. The molecule has 3 unspecified atom stereocenters. The van der Waals surface area contributed by atoms with Gasteiger partial charge in [0.05, 0.1) is 5.60 Å². The first-order valence-corrected chi connectivity index (χ1v) is 6.79. The van der Waals surface area contributed by atoms with Gasteiger partial charge in [-0.2, -0.15) is 0 Å². The number of nitrogens with two attached hydrogens (primary N) is 1. The van der Waals surface area contributed by atoms with E-state index in [0.717, 1.165) is 12.8 Å². The molecule has 112 valence electrons. The average molecular weight is 273 g/mol. The van der Waals surface area contributed by atoms with Crippen molar-refractivity contribution in [3.63, 3.8) is 0 Å². The highest BCUT2D eigenvalue weighted by Crippen LogP contribution is 2.11. The third-order valence-electron chi connectivity index (χ3n) is 3.23. The predicted octanol–water partition coefficient (Wildman–Crippen LogP) is 0.737. The Hall–Kier alpha value is -1.30. The number of aliphatic hydroxyl groups is 1. The van der Waals surface area contributed by atoms with E-state index in [0.29, 0.717) is 6.42 Å². The standard InChI is InChI=1S/C13H27N3O3/c1-5-7-13(4,19)8-15-11(17)10(9(3)6-2)16-12(14)18/h9-10,19H,5-8H2,1-4H3,(H,15,17)(H3,14,16,18). The molecule has 6 heteroatoms. The maximum atomic E-state index is 12.0. The van der Waals surface area contributed by atoms with Crippen molar-refractivity contribution in [3.8, 4) is 0 Å². The highest BCUT2D eigenvalue weighted by molar-refractivity contribution is 5.86. The second kappa shape index (κ2) is 7.99. The molecule has 0 saturated carbocycles. The van der Waals surface area contributed by atoms with Gasteiger partial charge in [-0.3, -0.25) is 4.79 Å². The summed E-state index contributed by atoms with van der Waals surface area (Å²) in [6, 6.07) is -1.39. The summed E-state index contributed by atoms with van der Waals surface area (Å²) in [5, 5.41) is 15.1. The minimum atomic E-state index is -0.933. The monoisotopic (exact) mass is 273 g/mol. The van der Waals surface area contributed by atoms with Gasteiger partial charge in [-0.15, -0.1) is 0 Å². The number of hydrogen-bond acceptors (Lipinski definition) is 3. The van der Waals surface area contributed by atoms with Crippen LogP contribution in [-0.4, -0.2) is 35.2 Å². The van der Waals surface area contributed by atoms with Gasteiger partial charge in [-0.25, -0.2) is 4.79 Å². The highest BCUT2D eigenvalue weighted by atomic mass is 16.3. The number of rotatable bonds is 8. The quantitative estimate of drug-likeness (QED) is 0.524. The van der Waals surface area contributed by atoms with Crippen LogP contribution in [0.2, 0.25) is 0 Å². The van der Waals surface area contributed by atoms with Crippen molar-refractivity contribution >= 4 is 11.9 Å². The van der Waals surface area contributed by atoms with Crippen molar-refractivity contribution in [2.24, 2.45) is 11.7 Å². The largest absolute Gasteiger partial charge is 0.388 e. The lowest BCUT2D eigenvalue weighted by atomic mass is 9.97. The lowest BCUT2D eigenvalue weighted by Crippen LogP contribution is -2.54. The second-order valence-electron chi connectivity index (χ2n) is 5.34. The van der Waals surface area contributed by atoms with Crippen LogP contribution in [0, 0.1) is 5.92 Å². The van der Waals surface area contributed by atoms with Crippen LogP contribution in [0.5, 0.6) is 0 Å². The molecule has 0 aromatic rings. The van der Waals surface area contributed by atoms with Gasteiger partial charge in [0.25, 0.3) is 0 Å². The van der Waals surface area contributed by atoms with Crippen molar-refractivity contribution in [1.29, 1.82) is 0 Å². The molecule has 0 aliphatic carbocycles. The van der Waals surface area contributed by atoms with Gasteiger partial charge in [0.15, 0.2) is 0 Å². The molecule has 0 aromatic heterocycles. The minimum absolute atomic E-state index is 0.0244. The Labute approximate surface area is 115 Å². The summed E-state index contributed by atoms with van der Waals surface area (Å²) < 4.78 is 0. The van der Waals surface area contributed by atoms with Crippen LogP contribution in [0.1, 0.15) is 47.0 Å². The van der Waals surface area contributed by atoms with Crippen LogP contribution in [0.3, 0.4) is 0 Å². The zero-order chi connectivity index (χ0) is 15.1. The van der Waals surface area contributed by atoms with E-state index >= 15 is 0 Å². The lowest BCUT2D eigenvalue weighted by molar-refractivity contribution is -0.125. The van der Waals surface area contributed by atoms with Crippen molar-refractivity contribution in [2.75, 3.05) is 6.54 Å². The van der Waals surface area contributed by atoms with Gasteiger partial charge >= 0.3 is 6.03 Å². The van der Waals surface area contributed by atoms with Gasteiger partial charge < -0.3 is 21.5 Å². The van der Waals surface area contributed by atoms with E-state index in [2.05, 4.69) is 10.6 Å². The van der Waals surface area contributed by atoms with Gasteiger partial charge in [0.1, 0.15) is 6.04 Å². The summed E-state index contributed by atoms with van der Waals surface area (Å²) >= 11 is 0. The van der Waals surface area contributed by atoms with E-state index in [1.54, 1.807) is 6.92 Å². The normalized spacial score (nSPS) is 17.1. The molecule has 0 fully saturated rings. The van der Waals surface area contributed by atoms with Crippen LogP contribution < -0.4 is 16.4 Å². The molecule has 5 N–H and O–H groups in total. The van der Waals surface area contributed by atoms with Gasteiger partial charge in [0.2, 0.25) is 5.91 Å². The Morgan fingerprint density at radius 3 is 2.37 bits per heavy atom. The number of urea groups is 1. The zero-order valence-corrected chi connectivity index (χ0v) is 12.3. The molecule has 0 saturated heterocycles. The van der Waals surface area contributed by atoms with Crippen LogP contribution >= 0.6 is 0 Å². The molecule has 0 heterocycles. The molecule has 0 aromatic carbocycles. The van der Waals surface area contributed by atoms with Crippen LogP contribution in [0.15, 0.2) is 0 Å². The van der Waals surface area contributed by atoms with Crippen molar-refractivity contribution in [1.82, 2.24) is 10.6 Å². The Morgan fingerprint density at radius 2 is 1.95 bits per heavy atom. The zero-order valence-electron chi connectivity index (χ0n) is 12.3. The predicted molar refractivity (Wildman–Crippen MR) is 74.5 cm³/mol. The van der Waals surface area contributed by atoms with Gasteiger partial charge in [0, 0.05) is 6.54 Å². The van der Waals surface area contributed by atoms with Crippen LogP contribution in [0.25, 0.3) is 0 Å². The third-order valence-corrected chi connectivity index (χ3v) is 3.23. The summed E-state index contributed by atoms with van der Waals surface area (Å²) in [5.74, 6) is -0.340. The molecule has 3 amide bonds. The molecule has 19 heavy (non-hydrogen) atoms. The Morgan fingerprint density at radius 1 is 1.37 bits per heavy atom. The van der Waals surface area contributed by atoms with Crippen LogP contribution in [-0.2, 0) is 4.79 Å². The summed E-state index contributed by atoms with van der Waals surface area (Å²) in [6.45, 7) is 7.60. The van der Waals surface area contributed by atoms with Gasteiger partial charge in [-0.1, -0.05) is 33.6 Å². The smallest absolute Gasteiger partial charge is 0.312 e. The van der Waals surface area contributed by atoms with E-state index in [-0.39, 0.29) is 18.4 Å². The fourth-order valence-electron chi connectivity index (χ4n) is 1.87. The maximum Gasteiger partial charge on any atom is 0.312 e. The van der Waals surface area contributed by atoms with Crippen molar-refractivity contribution in [3.05, 3.63) is 0 Å². The first-order chi connectivity index (χ1) is 8.73. The molecule has 6 nitrogen and oxygen atoms in total. The minimum Gasteiger partial charge on any atom is -0.388 e. The molecule has 0 aliphatic rings. The highest BCUT2D eigenvalue weighted by Gasteiger charge is 2.27. The molecule has 0 rings (SSSR count). The second-order valence-corrected chi connectivity index (χ2v) is 5.34. The Bertz CT molecular complexity index is 306. The molecular formula is C13H27N3O3. The summed E-state index contributed by atoms with van der Waals surface area (Å²) in [7, 11) is 0. The molecule has 0 radical (unpaired) electrons. The lowest BCUT2D eigenvalue weighted by Gasteiger charge is -2.27. The van der Waals surface area contributed by atoms with E-state index < -0.39 is 17.7 Å². The number of hydrogen-bond donors (Lipinski definition) is 4. The van der Waals surface area contributed by atoms with E-state index in [1.165, 1.54) is 0 Å².